The number of alkyl halides is 10. The molecule has 0 bridgehead atoms. The standard InChI is InChI=1S/C4F11NO2S/c5-1(6,7)3(11,12)16(15)19(17,18)4(13,14)2(8,9)10. The van der Waals surface area contributed by atoms with Crippen molar-refractivity contribution in [1.29, 1.82) is 0 Å². The molecule has 0 radical (unpaired) electrons. The van der Waals surface area contributed by atoms with E-state index in [-0.39, 0.29) is 0 Å². The molecule has 15 heteroatoms. The average molecular weight is 335 g/mol. The van der Waals surface area contributed by atoms with Gasteiger partial charge in [0.15, 0.2) is 0 Å². The summed E-state index contributed by atoms with van der Waals surface area (Å²) in [6.07, 6.45) is -14.1. The predicted octanol–water partition coefficient (Wildman–Crippen LogP) is 2.81. The summed E-state index contributed by atoms with van der Waals surface area (Å²) in [4.78, 5) is 0. The highest BCUT2D eigenvalue weighted by Gasteiger charge is 2.76. The SMILES string of the molecule is O=S(=O)(N(F)C(F)(F)C(F)(F)F)C(F)(F)C(F)(F)F. The fourth-order valence-electron chi connectivity index (χ4n) is 0.498. The van der Waals surface area contributed by atoms with Crippen molar-refractivity contribution >= 4 is 10.0 Å². The van der Waals surface area contributed by atoms with Crippen LogP contribution in [0.25, 0.3) is 0 Å². The first-order valence-electron chi connectivity index (χ1n) is 3.50. The molecular weight excluding hydrogens is 335 g/mol. The van der Waals surface area contributed by atoms with Gasteiger partial charge in [0.1, 0.15) is 0 Å². The van der Waals surface area contributed by atoms with Crippen LogP contribution in [0.4, 0.5) is 48.4 Å². The monoisotopic (exact) mass is 335 g/mol. The highest BCUT2D eigenvalue weighted by Crippen LogP contribution is 2.47. The van der Waals surface area contributed by atoms with Crippen LogP contribution in [0.1, 0.15) is 0 Å². The lowest BCUT2D eigenvalue weighted by Crippen LogP contribution is -2.58. The Balaban J connectivity index is 5.86. The summed E-state index contributed by atoms with van der Waals surface area (Å²) in [6.45, 7) is 0. The van der Waals surface area contributed by atoms with Gasteiger partial charge in [0, 0.05) is 4.53 Å². The third kappa shape index (κ3) is 2.70. The molecule has 0 aliphatic carbocycles. The second kappa shape index (κ2) is 4.32. The molecule has 19 heavy (non-hydrogen) atoms. The maximum Gasteiger partial charge on any atom is 0.472 e. The van der Waals surface area contributed by atoms with E-state index in [1.165, 1.54) is 0 Å². The fourth-order valence-corrected chi connectivity index (χ4v) is 1.40. The second-order valence-corrected chi connectivity index (χ2v) is 4.56. The molecule has 0 fully saturated rings. The zero-order chi connectivity index (χ0) is 16.1. The lowest BCUT2D eigenvalue weighted by molar-refractivity contribution is -0.354. The zero-order valence-corrected chi connectivity index (χ0v) is 8.65. The lowest BCUT2D eigenvalue weighted by Gasteiger charge is -2.28. The first kappa shape index (κ1) is 18.1. The first-order valence-corrected chi connectivity index (χ1v) is 4.94. The Morgan fingerprint density at radius 3 is 1.21 bits per heavy atom. The smallest absolute Gasteiger partial charge is 0.203 e. The van der Waals surface area contributed by atoms with Gasteiger partial charge in [0.05, 0.1) is 0 Å². The van der Waals surface area contributed by atoms with Gasteiger partial charge in [-0.15, -0.1) is 4.48 Å². The third-order valence-corrected chi connectivity index (χ3v) is 2.96. The summed E-state index contributed by atoms with van der Waals surface area (Å²) in [5, 5.41) is -7.18. The van der Waals surface area contributed by atoms with Crippen LogP contribution in [-0.4, -0.2) is 36.6 Å². The largest absolute Gasteiger partial charge is 0.472 e. The van der Waals surface area contributed by atoms with Gasteiger partial charge < -0.3 is 0 Å². The molecule has 0 atom stereocenters. The second-order valence-electron chi connectivity index (χ2n) is 2.77. The van der Waals surface area contributed by atoms with Crippen molar-refractivity contribution < 1.29 is 56.8 Å². The van der Waals surface area contributed by atoms with Gasteiger partial charge in [0.2, 0.25) is 0 Å². The number of halogens is 11. The molecule has 0 rings (SSSR count). The van der Waals surface area contributed by atoms with E-state index in [9.17, 15) is 56.8 Å². The van der Waals surface area contributed by atoms with Crippen LogP contribution < -0.4 is 0 Å². The van der Waals surface area contributed by atoms with E-state index < -0.39 is 38.2 Å². The molecule has 0 aromatic heterocycles. The van der Waals surface area contributed by atoms with E-state index in [4.69, 9.17) is 0 Å². The summed E-state index contributed by atoms with van der Waals surface area (Å²) in [5.74, 6) is 0. The van der Waals surface area contributed by atoms with Crippen LogP contribution in [-0.2, 0) is 10.0 Å². The van der Waals surface area contributed by atoms with Crippen molar-refractivity contribution in [2.75, 3.05) is 0 Å². The maximum atomic E-state index is 12.3. The Bertz CT molecular complexity index is 433. The minimum absolute atomic E-state index is 3.87. The molecule has 0 aliphatic rings. The summed E-state index contributed by atoms with van der Waals surface area (Å²) < 4.78 is 146. The van der Waals surface area contributed by atoms with Gasteiger partial charge in [-0.25, -0.2) is 8.42 Å². The van der Waals surface area contributed by atoms with E-state index in [1.807, 2.05) is 0 Å². The van der Waals surface area contributed by atoms with Crippen molar-refractivity contribution in [3.8, 4) is 0 Å². The predicted molar refractivity (Wildman–Crippen MR) is 33.9 cm³/mol. The van der Waals surface area contributed by atoms with Gasteiger partial charge in [-0.3, -0.25) is 0 Å². The molecule has 0 aromatic rings. The van der Waals surface area contributed by atoms with Gasteiger partial charge in [-0.2, -0.15) is 43.9 Å². The van der Waals surface area contributed by atoms with Crippen LogP contribution >= 0.6 is 0 Å². The van der Waals surface area contributed by atoms with Crippen LogP contribution in [0.2, 0.25) is 0 Å². The lowest BCUT2D eigenvalue weighted by atomic mass is 10.6. The molecule has 0 saturated heterocycles. The highest BCUT2D eigenvalue weighted by molar-refractivity contribution is 7.90. The Morgan fingerprint density at radius 2 is 1.00 bits per heavy atom. The normalized spacial score (nSPS) is 16.0. The van der Waals surface area contributed by atoms with Crippen molar-refractivity contribution in [2.24, 2.45) is 0 Å². The molecule has 0 N–H and O–H groups in total. The Labute approximate surface area is 96.1 Å². The third-order valence-electron chi connectivity index (χ3n) is 1.43. The Morgan fingerprint density at radius 1 is 0.684 bits per heavy atom. The van der Waals surface area contributed by atoms with E-state index in [0.29, 0.717) is 0 Å². The topological polar surface area (TPSA) is 37.4 Å². The number of rotatable bonds is 3. The molecule has 3 nitrogen and oxygen atoms in total. The van der Waals surface area contributed by atoms with Gasteiger partial charge >= 0.3 is 33.7 Å². The quantitative estimate of drug-likeness (QED) is 0.452. The van der Waals surface area contributed by atoms with Gasteiger partial charge in [0.25, 0.3) is 0 Å². The van der Waals surface area contributed by atoms with Crippen LogP contribution in [0.3, 0.4) is 0 Å². The first-order chi connectivity index (χ1) is 7.90. The summed E-state index contributed by atoms with van der Waals surface area (Å²) >= 11 is 0. The van der Waals surface area contributed by atoms with Crippen molar-refractivity contribution in [2.45, 2.75) is 23.7 Å². The summed E-state index contributed by atoms with van der Waals surface area (Å²) in [5.41, 5.74) is 0. The van der Waals surface area contributed by atoms with Crippen molar-refractivity contribution in [1.82, 2.24) is 4.53 Å². The molecule has 0 amide bonds. The molecule has 0 unspecified atom stereocenters. The number of hydrogen-bond donors (Lipinski definition) is 0. The summed E-state index contributed by atoms with van der Waals surface area (Å²) in [6, 6.07) is -7.10. The van der Waals surface area contributed by atoms with E-state index in [1.54, 1.807) is 0 Å². The molecule has 116 valence electrons. The molecule has 0 saturated carbocycles. The summed E-state index contributed by atoms with van der Waals surface area (Å²) in [7, 11) is -8.00. The number of nitrogens with zero attached hydrogens (tertiary/aromatic N) is 1. The van der Waals surface area contributed by atoms with Crippen molar-refractivity contribution in [3.63, 3.8) is 0 Å². The van der Waals surface area contributed by atoms with Crippen LogP contribution in [0.15, 0.2) is 0 Å². The Kier molecular flexibility index (Phi) is 4.13. The minimum atomic E-state index is -8.00. The van der Waals surface area contributed by atoms with Crippen LogP contribution in [0.5, 0.6) is 0 Å². The van der Waals surface area contributed by atoms with E-state index in [0.717, 1.165) is 0 Å². The van der Waals surface area contributed by atoms with E-state index >= 15 is 0 Å². The Hall–Kier alpha value is -0.860. The zero-order valence-electron chi connectivity index (χ0n) is 7.83. The molecule has 0 aromatic carbocycles. The minimum Gasteiger partial charge on any atom is -0.203 e. The van der Waals surface area contributed by atoms with E-state index in [2.05, 4.69) is 0 Å². The maximum absolute atomic E-state index is 12.3. The molecular formula is C4F11NO2S. The molecule has 0 heterocycles. The molecule has 0 spiro atoms. The van der Waals surface area contributed by atoms with Gasteiger partial charge in [-0.05, 0) is 0 Å². The van der Waals surface area contributed by atoms with Crippen LogP contribution in [0, 0.1) is 0 Å². The highest BCUT2D eigenvalue weighted by atomic mass is 32.2. The number of sulfonamides is 1. The van der Waals surface area contributed by atoms with Gasteiger partial charge in [-0.1, -0.05) is 0 Å². The van der Waals surface area contributed by atoms with Crippen molar-refractivity contribution in [3.05, 3.63) is 0 Å². The average Bonchev–Trinajstić information content (AvgIpc) is 2.12. The fraction of sp³-hybridized carbons (Fsp3) is 1.00. The number of hydrogen-bond acceptors (Lipinski definition) is 2. The molecule has 0 aliphatic heterocycles.